The van der Waals surface area contributed by atoms with Gasteiger partial charge >= 0.3 is 7.12 Å². The van der Waals surface area contributed by atoms with Gasteiger partial charge in [-0.2, -0.15) is 34.0 Å². The van der Waals surface area contributed by atoms with Gasteiger partial charge in [0.15, 0.2) is 0 Å². The van der Waals surface area contributed by atoms with Gasteiger partial charge in [0.2, 0.25) is 0 Å². The summed E-state index contributed by atoms with van der Waals surface area (Å²) in [7, 11) is -1.30. The summed E-state index contributed by atoms with van der Waals surface area (Å²) in [5.41, 5.74) is 8.84. The second kappa shape index (κ2) is 18.5. The van der Waals surface area contributed by atoms with Crippen LogP contribution in [0.1, 0.15) is 0 Å². The lowest BCUT2D eigenvalue weighted by molar-refractivity contribution is 0.426. The van der Waals surface area contributed by atoms with E-state index in [0.29, 0.717) is 5.46 Å². The van der Waals surface area contributed by atoms with E-state index in [4.69, 9.17) is 10.0 Å². The SMILES string of the molecule is Brc1cncc(-c2ccsc2)c1.Brc1cncc(Br)c1.OB(O)c1ccsc1.c1ccc2c(-c3cncc(-c4ccsc4)c3)c[nH]c2c1. The number of nitrogens with zero attached hydrogens (tertiary/aromatic N) is 3. The van der Waals surface area contributed by atoms with Crippen molar-refractivity contribution in [3.05, 3.63) is 150 Å². The number of fused-ring (bicyclic) bond motifs is 1. The van der Waals surface area contributed by atoms with Crippen molar-refractivity contribution in [1.82, 2.24) is 19.9 Å². The highest BCUT2D eigenvalue weighted by molar-refractivity contribution is 9.11. The molecule has 0 fully saturated rings. The largest absolute Gasteiger partial charge is 0.489 e. The zero-order valence-corrected chi connectivity index (χ0v) is 32.2. The van der Waals surface area contributed by atoms with Crippen LogP contribution in [0.5, 0.6) is 0 Å². The number of hydrogen-bond donors (Lipinski definition) is 3. The molecule has 48 heavy (non-hydrogen) atoms. The highest BCUT2D eigenvalue weighted by Crippen LogP contribution is 2.31. The van der Waals surface area contributed by atoms with E-state index in [1.54, 1.807) is 58.1 Å². The van der Waals surface area contributed by atoms with Crippen molar-refractivity contribution >= 4 is 105 Å². The average Bonchev–Trinajstić information content (AvgIpc) is 3.93. The van der Waals surface area contributed by atoms with Crippen molar-refractivity contribution in [2.75, 3.05) is 0 Å². The molecule has 0 aliphatic carbocycles. The van der Waals surface area contributed by atoms with Crippen molar-refractivity contribution in [2.24, 2.45) is 0 Å². The highest BCUT2D eigenvalue weighted by Gasteiger charge is 2.09. The van der Waals surface area contributed by atoms with Crippen LogP contribution < -0.4 is 5.46 Å². The normalized spacial score (nSPS) is 10.2. The Morgan fingerprint density at radius 3 is 1.62 bits per heavy atom. The summed E-state index contributed by atoms with van der Waals surface area (Å²) in [6, 6.07) is 20.4. The Labute approximate surface area is 315 Å². The maximum atomic E-state index is 8.47. The van der Waals surface area contributed by atoms with E-state index in [1.165, 1.54) is 33.4 Å². The summed E-state index contributed by atoms with van der Waals surface area (Å²) >= 11 is 14.8. The molecule has 1 aromatic carbocycles. The molecule has 7 heterocycles. The number of benzene rings is 1. The topological polar surface area (TPSA) is 94.9 Å². The standard InChI is InChI=1S/C17H12N2S.C9H6BrNS.C5H3Br2N.C4H5BO2S/c1-2-4-17-15(3-1)16(10-19-17)14-7-13(8-18-9-14)12-5-6-20-11-12;10-9-3-8(4-11-5-9)7-1-2-12-6-7;6-4-1-5(7)3-8-2-4;6-5(7)4-1-2-8-3-4/h1-11,19H;1-6H;1-3H;1-3,6-7H. The molecule has 8 rings (SSSR count). The van der Waals surface area contributed by atoms with Crippen molar-refractivity contribution in [1.29, 1.82) is 0 Å². The second-order valence-electron chi connectivity index (χ2n) is 9.88. The Bertz CT molecular complexity index is 2110. The van der Waals surface area contributed by atoms with Gasteiger partial charge in [0, 0.05) is 90.0 Å². The molecular formula is C35H26BBr3N4O2S3. The minimum atomic E-state index is -1.30. The highest BCUT2D eigenvalue weighted by atomic mass is 79.9. The quantitative estimate of drug-likeness (QED) is 0.153. The number of halogens is 3. The van der Waals surface area contributed by atoms with Crippen LogP contribution in [0.15, 0.2) is 150 Å². The van der Waals surface area contributed by atoms with Gasteiger partial charge in [-0.3, -0.25) is 15.0 Å². The minimum absolute atomic E-state index is 0.565. The molecular weight excluding hydrogens is 855 g/mol. The van der Waals surface area contributed by atoms with Gasteiger partial charge in [0.1, 0.15) is 0 Å². The fraction of sp³-hybridized carbons (Fsp3) is 0. The van der Waals surface area contributed by atoms with Crippen molar-refractivity contribution in [3.63, 3.8) is 0 Å². The molecule has 0 saturated carbocycles. The summed E-state index contributed by atoms with van der Waals surface area (Å²) in [5, 5.41) is 30.1. The molecule has 0 aliphatic rings. The Morgan fingerprint density at radius 2 is 1.10 bits per heavy atom. The second-order valence-corrected chi connectivity index (χ2v) is 15.0. The number of para-hydroxylation sites is 1. The zero-order chi connectivity index (χ0) is 33.7. The molecule has 0 unspecified atom stereocenters. The van der Waals surface area contributed by atoms with Gasteiger partial charge in [0.25, 0.3) is 0 Å². The Hall–Kier alpha value is -3.27. The van der Waals surface area contributed by atoms with Crippen LogP contribution in [0.25, 0.3) is 44.3 Å². The zero-order valence-electron chi connectivity index (χ0n) is 25.0. The summed E-state index contributed by atoms with van der Waals surface area (Å²) in [6.45, 7) is 0. The van der Waals surface area contributed by atoms with E-state index >= 15 is 0 Å². The number of aromatic nitrogens is 4. The molecule has 13 heteroatoms. The molecule has 0 atom stereocenters. The van der Waals surface area contributed by atoms with Gasteiger partial charge in [-0.25, -0.2) is 0 Å². The fourth-order valence-electron chi connectivity index (χ4n) is 4.29. The van der Waals surface area contributed by atoms with Crippen LogP contribution in [0.2, 0.25) is 0 Å². The van der Waals surface area contributed by atoms with Crippen molar-refractivity contribution in [3.8, 4) is 33.4 Å². The Morgan fingerprint density at radius 1 is 0.562 bits per heavy atom. The summed E-state index contributed by atoms with van der Waals surface area (Å²) < 4.78 is 3.00. The predicted molar refractivity (Wildman–Crippen MR) is 214 cm³/mol. The summed E-state index contributed by atoms with van der Waals surface area (Å²) in [6.07, 6.45) is 13.0. The Balaban J connectivity index is 0.000000137. The molecule has 3 N–H and O–H groups in total. The lowest BCUT2D eigenvalue weighted by Crippen LogP contribution is -2.27. The van der Waals surface area contributed by atoms with Crippen molar-refractivity contribution < 1.29 is 10.0 Å². The lowest BCUT2D eigenvalue weighted by Gasteiger charge is -2.02. The molecule has 240 valence electrons. The van der Waals surface area contributed by atoms with Crippen LogP contribution in [0.4, 0.5) is 0 Å². The summed E-state index contributed by atoms with van der Waals surface area (Å²) in [5.74, 6) is 0. The molecule has 0 spiro atoms. The number of pyridine rings is 3. The number of thiophene rings is 3. The molecule has 8 aromatic rings. The smallest absolute Gasteiger partial charge is 0.423 e. The molecule has 0 aliphatic heterocycles. The first kappa shape index (κ1) is 36.0. The predicted octanol–water partition coefficient (Wildman–Crippen LogP) is 10.6. The minimum Gasteiger partial charge on any atom is -0.423 e. The molecule has 0 amide bonds. The molecule has 7 aromatic heterocycles. The van der Waals surface area contributed by atoms with E-state index < -0.39 is 7.12 Å². The van der Waals surface area contributed by atoms with Crippen LogP contribution in [0, 0.1) is 0 Å². The van der Waals surface area contributed by atoms with E-state index in [9.17, 15) is 0 Å². The first-order chi connectivity index (χ1) is 23.4. The number of H-pyrrole nitrogens is 1. The Kier molecular flexibility index (Phi) is 13.9. The molecule has 0 saturated heterocycles. The number of nitrogens with one attached hydrogen (secondary N) is 1. The summed E-state index contributed by atoms with van der Waals surface area (Å²) in [4.78, 5) is 15.7. The van der Waals surface area contributed by atoms with Gasteiger partial charge < -0.3 is 15.0 Å². The fourth-order valence-corrected chi connectivity index (χ4v) is 7.69. The molecule has 0 bridgehead atoms. The lowest BCUT2D eigenvalue weighted by atomic mass is 9.83. The van der Waals surface area contributed by atoms with Crippen LogP contribution in [-0.2, 0) is 0 Å². The van der Waals surface area contributed by atoms with E-state index in [-0.39, 0.29) is 0 Å². The van der Waals surface area contributed by atoms with E-state index in [1.807, 2.05) is 30.7 Å². The number of aromatic amines is 1. The van der Waals surface area contributed by atoms with E-state index in [0.717, 1.165) is 35.6 Å². The van der Waals surface area contributed by atoms with Crippen LogP contribution in [0.3, 0.4) is 0 Å². The number of rotatable bonds is 4. The van der Waals surface area contributed by atoms with Gasteiger partial charge in [0.05, 0.1) is 0 Å². The maximum absolute atomic E-state index is 8.47. The third kappa shape index (κ3) is 10.6. The molecule has 0 radical (unpaired) electrons. The van der Waals surface area contributed by atoms with Gasteiger partial charge in [-0.05, 0) is 133 Å². The molecule has 6 nitrogen and oxygen atoms in total. The third-order valence-corrected chi connectivity index (χ3v) is 9.93. The number of hydrogen-bond acceptors (Lipinski definition) is 8. The van der Waals surface area contributed by atoms with Gasteiger partial charge in [-0.1, -0.05) is 24.3 Å². The van der Waals surface area contributed by atoms with Crippen molar-refractivity contribution in [2.45, 2.75) is 0 Å². The third-order valence-electron chi connectivity index (χ3n) is 6.57. The van der Waals surface area contributed by atoms with E-state index in [2.05, 4.69) is 138 Å². The monoisotopic (exact) mass is 878 g/mol. The average molecular weight is 881 g/mol. The van der Waals surface area contributed by atoms with Crippen LogP contribution >= 0.6 is 81.8 Å². The first-order valence-corrected chi connectivity index (χ1v) is 19.4. The van der Waals surface area contributed by atoms with Crippen LogP contribution in [-0.4, -0.2) is 37.1 Å². The van der Waals surface area contributed by atoms with Gasteiger partial charge in [-0.15, -0.1) is 0 Å². The maximum Gasteiger partial charge on any atom is 0.489 e. The first-order valence-electron chi connectivity index (χ1n) is 14.2.